The lowest BCUT2D eigenvalue weighted by Gasteiger charge is -2.16. The molecule has 8 nitrogen and oxygen atoms in total. The lowest BCUT2D eigenvalue weighted by molar-refractivity contribution is -0.123. The van der Waals surface area contributed by atoms with Crippen LogP contribution >= 0.6 is 11.6 Å². The minimum atomic E-state index is -3.61. The van der Waals surface area contributed by atoms with E-state index < -0.39 is 28.0 Å². The van der Waals surface area contributed by atoms with E-state index >= 15 is 0 Å². The highest BCUT2D eigenvalue weighted by Gasteiger charge is 2.22. The Labute approximate surface area is 174 Å². The van der Waals surface area contributed by atoms with Gasteiger partial charge in [0.05, 0.1) is 23.3 Å². The Bertz CT molecular complexity index is 1010. The molecule has 0 fully saturated rings. The van der Waals surface area contributed by atoms with E-state index in [-0.39, 0.29) is 10.5 Å². The number of hydrogen-bond donors (Lipinski definition) is 1. The standard InChI is InChI=1S/C19H21ClN2O6S/c1-12(18(23)21-16-11-14(20)7-10-17(16)27-4)28-19(24)13-5-8-15(9-6-13)29(25,26)22(2)3/h5-12H,1-4H3,(H,21,23)/t12-/m0/s1. The molecule has 1 amide bonds. The van der Waals surface area contributed by atoms with Gasteiger partial charge in [-0.15, -0.1) is 0 Å². The molecule has 0 saturated carbocycles. The largest absolute Gasteiger partial charge is 0.495 e. The number of carbonyl (C=O) groups is 2. The molecule has 0 saturated heterocycles. The number of nitrogens with one attached hydrogen (secondary N) is 1. The van der Waals surface area contributed by atoms with Crippen LogP contribution in [0, 0.1) is 0 Å². The van der Waals surface area contributed by atoms with Crippen molar-refractivity contribution in [3.05, 3.63) is 53.1 Å². The molecule has 0 radical (unpaired) electrons. The summed E-state index contributed by atoms with van der Waals surface area (Å²) in [5.74, 6) is -0.941. The quantitative estimate of drug-likeness (QED) is 0.664. The molecule has 156 valence electrons. The van der Waals surface area contributed by atoms with Gasteiger partial charge in [-0.05, 0) is 49.4 Å². The van der Waals surface area contributed by atoms with Crippen LogP contribution in [0.1, 0.15) is 17.3 Å². The molecule has 10 heteroatoms. The first-order valence-corrected chi connectivity index (χ1v) is 10.3. The average molecular weight is 441 g/mol. The number of sulfonamides is 1. The number of anilines is 1. The topological polar surface area (TPSA) is 102 Å². The summed E-state index contributed by atoms with van der Waals surface area (Å²) in [7, 11) is 0.660. The molecule has 0 aliphatic carbocycles. The van der Waals surface area contributed by atoms with Crippen molar-refractivity contribution in [1.29, 1.82) is 0 Å². The first-order chi connectivity index (χ1) is 13.6. The summed E-state index contributed by atoms with van der Waals surface area (Å²) >= 11 is 5.93. The van der Waals surface area contributed by atoms with Gasteiger partial charge >= 0.3 is 5.97 Å². The van der Waals surface area contributed by atoms with E-state index in [9.17, 15) is 18.0 Å². The molecule has 1 atom stereocenters. The number of amides is 1. The fourth-order valence-corrected chi connectivity index (χ4v) is 3.34. The molecular formula is C19H21ClN2O6S. The van der Waals surface area contributed by atoms with E-state index in [4.69, 9.17) is 21.1 Å². The number of esters is 1. The second-order valence-electron chi connectivity index (χ2n) is 6.19. The van der Waals surface area contributed by atoms with Crippen LogP contribution in [0.25, 0.3) is 0 Å². The second kappa shape index (κ2) is 9.25. The first-order valence-electron chi connectivity index (χ1n) is 8.44. The summed E-state index contributed by atoms with van der Waals surface area (Å²) in [5.41, 5.74) is 0.453. The maximum Gasteiger partial charge on any atom is 0.338 e. The molecule has 0 spiro atoms. The summed E-state index contributed by atoms with van der Waals surface area (Å²) in [5, 5.41) is 2.99. The number of hydrogen-bond acceptors (Lipinski definition) is 6. The van der Waals surface area contributed by atoms with Crippen LogP contribution in [-0.4, -0.2) is 51.9 Å². The molecule has 0 unspecified atom stereocenters. The van der Waals surface area contributed by atoms with E-state index in [0.717, 1.165) is 4.31 Å². The van der Waals surface area contributed by atoms with E-state index in [1.54, 1.807) is 12.1 Å². The zero-order valence-corrected chi connectivity index (χ0v) is 17.9. The van der Waals surface area contributed by atoms with Crippen LogP contribution in [-0.2, 0) is 19.6 Å². The van der Waals surface area contributed by atoms with Gasteiger partial charge in [0.1, 0.15) is 5.75 Å². The Hall–Kier alpha value is -2.62. The van der Waals surface area contributed by atoms with E-state index in [2.05, 4.69) is 5.32 Å². The average Bonchev–Trinajstić information content (AvgIpc) is 2.68. The Balaban J connectivity index is 2.07. The van der Waals surface area contributed by atoms with Crippen molar-refractivity contribution in [2.45, 2.75) is 17.9 Å². The number of benzene rings is 2. The molecule has 0 heterocycles. The predicted octanol–water partition coefficient (Wildman–Crippen LogP) is 2.78. The second-order valence-corrected chi connectivity index (χ2v) is 8.78. The maximum absolute atomic E-state index is 12.3. The summed E-state index contributed by atoms with van der Waals surface area (Å²) in [6.45, 7) is 1.41. The number of carbonyl (C=O) groups excluding carboxylic acids is 2. The van der Waals surface area contributed by atoms with Crippen LogP contribution in [0.2, 0.25) is 5.02 Å². The highest BCUT2D eigenvalue weighted by Crippen LogP contribution is 2.28. The van der Waals surface area contributed by atoms with Gasteiger partial charge < -0.3 is 14.8 Å². The van der Waals surface area contributed by atoms with Crippen LogP contribution in [0.5, 0.6) is 5.75 Å². The normalized spacial score (nSPS) is 12.3. The lowest BCUT2D eigenvalue weighted by Crippen LogP contribution is -2.30. The molecule has 0 aliphatic rings. The molecule has 29 heavy (non-hydrogen) atoms. The Kier molecular flexibility index (Phi) is 7.23. The van der Waals surface area contributed by atoms with Crippen LogP contribution < -0.4 is 10.1 Å². The number of methoxy groups -OCH3 is 1. The minimum Gasteiger partial charge on any atom is -0.495 e. The van der Waals surface area contributed by atoms with Gasteiger partial charge in [0, 0.05) is 19.1 Å². The third-order valence-electron chi connectivity index (χ3n) is 3.94. The monoisotopic (exact) mass is 440 g/mol. The van der Waals surface area contributed by atoms with Crippen molar-refractivity contribution in [1.82, 2.24) is 4.31 Å². The summed E-state index contributed by atoms with van der Waals surface area (Å²) < 4.78 is 35.5. The van der Waals surface area contributed by atoms with Gasteiger partial charge in [-0.1, -0.05) is 11.6 Å². The smallest absolute Gasteiger partial charge is 0.338 e. The minimum absolute atomic E-state index is 0.0397. The fraction of sp³-hybridized carbons (Fsp3) is 0.263. The van der Waals surface area contributed by atoms with Crippen LogP contribution in [0.4, 0.5) is 5.69 Å². The van der Waals surface area contributed by atoms with Gasteiger partial charge in [-0.25, -0.2) is 17.5 Å². The summed E-state index contributed by atoms with van der Waals surface area (Å²) in [6, 6.07) is 9.96. The third-order valence-corrected chi connectivity index (χ3v) is 6.01. The Morgan fingerprint density at radius 3 is 2.28 bits per heavy atom. The molecule has 2 aromatic rings. The van der Waals surface area contributed by atoms with Crippen molar-refractivity contribution in [3.8, 4) is 5.75 Å². The number of rotatable bonds is 7. The zero-order chi connectivity index (χ0) is 21.8. The van der Waals surface area contributed by atoms with Gasteiger partial charge in [0.15, 0.2) is 6.10 Å². The van der Waals surface area contributed by atoms with Crippen LogP contribution in [0.3, 0.4) is 0 Å². The van der Waals surface area contributed by atoms with E-state index in [1.165, 1.54) is 58.5 Å². The van der Waals surface area contributed by atoms with E-state index in [1.807, 2.05) is 0 Å². The van der Waals surface area contributed by atoms with Crippen molar-refractivity contribution < 1.29 is 27.5 Å². The van der Waals surface area contributed by atoms with Gasteiger partial charge in [-0.3, -0.25) is 4.79 Å². The van der Waals surface area contributed by atoms with Crippen LogP contribution in [0.15, 0.2) is 47.4 Å². The van der Waals surface area contributed by atoms with Crippen molar-refractivity contribution in [3.63, 3.8) is 0 Å². The van der Waals surface area contributed by atoms with Gasteiger partial charge in [0.25, 0.3) is 5.91 Å². The SMILES string of the molecule is COc1ccc(Cl)cc1NC(=O)[C@H](C)OC(=O)c1ccc(S(=O)(=O)N(C)C)cc1. The lowest BCUT2D eigenvalue weighted by atomic mass is 10.2. The molecule has 0 bridgehead atoms. The Morgan fingerprint density at radius 1 is 1.10 bits per heavy atom. The van der Waals surface area contributed by atoms with Crippen molar-refractivity contribution in [2.75, 3.05) is 26.5 Å². The molecule has 1 N–H and O–H groups in total. The number of nitrogens with zero attached hydrogens (tertiary/aromatic N) is 1. The molecule has 0 aliphatic heterocycles. The highest BCUT2D eigenvalue weighted by molar-refractivity contribution is 7.89. The molecule has 2 rings (SSSR count). The number of halogens is 1. The van der Waals surface area contributed by atoms with Gasteiger partial charge in [0.2, 0.25) is 10.0 Å². The summed E-state index contributed by atoms with van der Waals surface area (Å²) in [6.07, 6.45) is -1.11. The van der Waals surface area contributed by atoms with Crippen molar-refractivity contribution >= 4 is 39.2 Å². The molecule has 0 aromatic heterocycles. The molecular weight excluding hydrogens is 420 g/mol. The third kappa shape index (κ3) is 5.47. The van der Waals surface area contributed by atoms with E-state index in [0.29, 0.717) is 16.5 Å². The Morgan fingerprint density at radius 2 is 1.72 bits per heavy atom. The summed E-state index contributed by atoms with van der Waals surface area (Å²) in [4.78, 5) is 24.7. The highest BCUT2D eigenvalue weighted by atomic mass is 35.5. The molecule has 2 aromatic carbocycles. The van der Waals surface area contributed by atoms with Gasteiger partial charge in [-0.2, -0.15) is 0 Å². The number of ether oxygens (including phenoxy) is 2. The first kappa shape index (κ1) is 22.7. The van der Waals surface area contributed by atoms with Crippen molar-refractivity contribution in [2.24, 2.45) is 0 Å². The predicted molar refractivity (Wildman–Crippen MR) is 109 cm³/mol. The maximum atomic E-state index is 12.3. The fourth-order valence-electron chi connectivity index (χ4n) is 2.27. The zero-order valence-electron chi connectivity index (χ0n) is 16.3.